The number of allylic oxidation sites excluding steroid dienone is 2. The van der Waals surface area contributed by atoms with E-state index in [4.69, 9.17) is 21.1 Å². The van der Waals surface area contributed by atoms with E-state index < -0.39 is 5.09 Å². The topological polar surface area (TPSA) is 122 Å². The van der Waals surface area contributed by atoms with Gasteiger partial charge in [0, 0.05) is 24.9 Å². The summed E-state index contributed by atoms with van der Waals surface area (Å²) in [7, 11) is 0. The van der Waals surface area contributed by atoms with Crippen molar-refractivity contribution in [2.24, 2.45) is 5.73 Å². The van der Waals surface area contributed by atoms with E-state index in [0.29, 0.717) is 13.0 Å². The number of nitrogens with one attached hydrogen (secondary N) is 1. The average Bonchev–Trinajstić information content (AvgIpc) is 2.47. The molecule has 0 aliphatic carbocycles. The molecule has 4 N–H and O–H groups in total. The molecule has 118 valence electrons. The Kier molecular flexibility index (Phi) is 7.14. The third-order valence-electron chi connectivity index (χ3n) is 2.73. The highest BCUT2D eigenvalue weighted by molar-refractivity contribution is 5.90. The Morgan fingerprint density at radius 1 is 1.36 bits per heavy atom. The Morgan fingerprint density at radius 3 is 2.59 bits per heavy atom. The smallest absolute Gasteiger partial charge is 0.291 e. The fourth-order valence-corrected chi connectivity index (χ4v) is 1.75. The van der Waals surface area contributed by atoms with E-state index in [1.807, 2.05) is 59.7 Å². The Bertz CT molecular complexity index is 541. The molecular formula is C14H18N4O4. The summed E-state index contributed by atoms with van der Waals surface area (Å²) in [4.78, 5) is 22.0. The second kappa shape index (κ2) is 9.14. The molecule has 0 fully saturated rings. The fraction of sp³-hybridized carbons (Fsp3) is 0.214. The zero-order chi connectivity index (χ0) is 16.4. The monoisotopic (exact) mass is 306 g/mol. The zero-order valence-electron chi connectivity index (χ0n) is 11.8. The minimum Gasteiger partial charge on any atom is -0.358 e. The summed E-state index contributed by atoms with van der Waals surface area (Å²) in [5, 5.41) is 16.5. The predicted molar refractivity (Wildman–Crippen MR) is 81.4 cm³/mol. The maximum absolute atomic E-state index is 11.7. The molecule has 0 saturated carbocycles. The molecule has 0 saturated heterocycles. The zero-order valence-corrected chi connectivity index (χ0v) is 11.8. The van der Waals surface area contributed by atoms with Crippen LogP contribution in [0.1, 0.15) is 6.42 Å². The van der Waals surface area contributed by atoms with Gasteiger partial charge in [0.25, 0.3) is 5.09 Å². The molecule has 8 heteroatoms. The second-order valence-electron chi connectivity index (χ2n) is 4.36. The normalized spacial score (nSPS) is 15.7. The van der Waals surface area contributed by atoms with Gasteiger partial charge in [-0.25, -0.2) is 0 Å². The molecule has 1 aliphatic heterocycles. The van der Waals surface area contributed by atoms with Crippen LogP contribution in [0.15, 0.2) is 54.8 Å². The van der Waals surface area contributed by atoms with E-state index in [2.05, 4.69) is 5.32 Å². The first-order valence-electron chi connectivity index (χ1n) is 6.53. The van der Waals surface area contributed by atoms with Gasteiger partial charge >= 0.3 is 0 Å². The summed E-state index contributed by atoms with van der Waals surface area (Å²) < 4.78 is 0. The molecule has 0 spiro atoms. The maximum atomic E-state index is 11.7. The van der Waals surface area contributed by atoms with Gasteiger partial charge in [-0.15, -0.1) is 10.1 Å². The minimum absolute atomic E-state index is 0.00338. The summed E-state index contributed by atoms with van der Waals surface area (Å²) in [6.07, 6.45) is 7.90. The molecule has 2 rings (SSSR count). The summed E-state index contributed by atoms with van der Waals surface area (Å²) in [5.41, 5.74) is 6.69. The van der Waals surface area contributed by atoms with Crippen LogP contribution in [0.4, 0.5) is 5.69 Å². The molecular weight excluding hydrogens is 288 g/mol. The standard InChI is InChI=1S/C14H17N3O.HNO3/c15-13-8-4-5-10-17(13)11-9-14(18)16-12-6-2-1-3-7-12;2-1(3)4/h1-8,10,13H,9,11,15H2,(H,16,18);(H,2,3,4). The van der Waals surface area contributed by atoms with E-state index in [-0.39, 0.29) is 12.1 Å². The average molecular weight is 306 g/mol. The van der Waals surface area contributed by atoms with Crippen LogP contribution < -0.4 is 11.1 Å². The summed E-state index contributed by atoms with van der Waals surface area (Å²) in [6, 6.07) is 9.44. The summed E-state index contributed by atoms with van der Waals surface area (Å²) in [5.74, 6) is -0.00338. The van der Waals surface area contributed by atoms with Gasteiger partial charge in [-0.05, 0) is 24.3 Å². The van der Waals surface area contributed by atoms with Gasteiger partial charge < -0.3 is 21.2 Å². The first-order valence-corrected chi connectivity index (χ1v) is 6.53. The Balaban J connectivity index is 0.000000541. The van der Waals surface area contributed by atoms with E-state index in [1.54, 1.807) is 0 Å². The molecule has 22 heavy (non-hydrogen) atoms. The predicted octanol–water partition coefficient (Wildman–Crippen LogP) is 1.34. The van der Waals surface area contributed by atoms with E-state index >= 15 is 0 Å². The van der Waals surface area contributed by atoms with Crippen LogP contribution in [0.2, 0.25) is 0 Å². The van der Waals surface area contributed by atoms with Crippen molar-refractivity contribution in [2.75, 3.05) is 11.9 Å². The van der Waals surface area contributed by atoms with Crippen molar-refractivity contribution in [2.45, 2.75) is 12.6 Å². The molecule has 0 bridgehead atoms. The number of benzene rings is 1. The number of carbonyl (C=O) groups excluding carboxylic acids is 1. The molecule has 1 heterocycles. The van der Waals surface area contributed by atoms with Crippen LogP contribution >= 0.6 is 0 Å². The molecule has 1 atom stereocenters. The molecule has 1 aromatic carbocycles. The number of amides is 1. The van der Waals surface area contributed by atoms with Gasteiger partial charge in [-0.2, -0.15) is 0 Å². The summed E-state index contributed by atoms with van der Waals surface area (Å²) in [6.45, 7) is 0.612. The number of rotatable bonds is 4. The highest BCUT2D eigenvalue weighted by atomic mass is 16.9. The van der Waals surface area contributed by atoms with Gasteiger partial charge in [0.1, 0.15) is 0 Å². The number of hydrogen-bond acceptors (Lipinski definition) is 5. The highest BCUT2D eigenvalue weighted by Crippen LogP contribution is 2.07. The number of anilines is 1. The first-order chi connectivity index (χ1) is 10.5. The largest absolute Gasteiger partial charge is 0.358 e. The third kappa shape index (κ3) is 7.06. The quantitative estimate of drug-likeness (QED) is 0.570. The molecule has 1 unspecified atom stereocenters. The Morgan fingerprint density at radius 2 is 2.00 bits per heavy atom. The molecule has 8 nitrogen and oxygen atoms in total. The van der Waals surface area contributed by atoms with Crippen molar-refractivity contribution in [3.63, 3.8) is 0 Å². The van der Waals surface area contributed by atoms with Crippen LogP contribution in [0.25, 0.3) is 0 Å². The van der Waals surface area contributed by atoms with Crippen molar-refractivity contribution in [3.05, 3.63) is 64.9 Å². The Labute approximate surface area is 127 Å². The fourth-order valence-electron chi connectivity index (χ4n) is 1.75. The number of nitrogens with zero attached hydrogens (tertiary/aromatic N) is 2. The number of hydrogen-bond donors (Lipinski definition) is 3. The molecule has 1 aromatic rings. The minimum atomic E-state index is -1.50. The lowest BCUT2D eigenvalue weighted by Gasteiger charge is -2.26. The van der Waals surface area contributed by atoms with Crippen LogP contribution in [0, 0.1) is 10.1 Å². The SMILES string of the molecule is NC1C=CC=CN1CCC(=O)Nc1ccccc1.O=[N+]([O-])O. The van der Waals surface area contributed by atoms with Crippen LogP contribution in [0.5, 0.6) is 0 Å². The number of carbonyl (C=O) groups is 1. The highest BCUT2D eigenvalue weighted by Gasteiger charge is 2.11. The van der Waals surface area contributed by atoms with Gasteiger partial charge in [0.15, 0.2) is 0 Å². The van der Waals surface area contributed by atoms with Crippen LogP contribution in [-0.4, -0.2) is 33.8 Å². The molecule has 1 aliphatic rings. The van der Waals surface area contributed by atoms with E-state index in [1.165, 1.54) is 0 Å². The van der Waals surface area contributed by atoms with Crippen LogP contribution in [0.3, 0.4) is 0 Å². The van der Waals surface area contributed by atoms with Crippen molar-refractivity contribution in [3.8, 4) is 0 Å². The number of nitrogens with two attached hydrogens (primary N) is 1. The molecule has 0 aromatic heterocycles. The Hall–Kier alpha value is -2.87. The lowest BCUT2D eigenvalue weighted by Crippen LogP contribution is -2.39. The number of para-hydroxylation sites is 1. The van der Waals surface area contributed by atoms with Gasteiger partial charge in [0.05, 0.1) is 6.17 Å². The maximum Gasteiger partial charge on any atom is 0.291 e. The van der Waals surface area contributed by atoms with Crippen LogP contribution in [-0.2, 0) is 4.79 Å². The second-order valence-corrected chi connectivity index (χ2v) is 4.36. The van der Waals surface area contributed by atoms with Crippen molar-refractivity contribution in [1.82, 2.24) is 4.90 Å². The van der Waals surface area contributed by atoms with Crippen molar-refractivity contribution in [1.29, 1.82) is 0 Å². The molecule has 0 radical (unpaired) electrons. The summed E-state index contributed by atoms with van der Waals surface area (Å²) >= 11 is 0. The molecule has 1 amide bonds. The van der Waals surface area contributed by atoms with Crippen molar-refractivity contribution < 1.29 is 15.1 Å². The van der Waals surface area contributed by atoms with Gasteiger partial charge in [-0.1, -0.05) is 24.3 Å². The van der Waals surface area contributed by atoms with Gasteiger partial charge in [-0.3, -0.25) is 4.79 Å². The van der Waals surface area contributed by atoms with Gasteiger partial charge in [0.2, 0.25) is 5.91 Å². The first kappa shape index (κ1) is 17.2. The lowest BCUT2D eigenvalue weighted by atomic mass is 10.2. The third-order valence-corrected chi connectivity index (χ3v) is 2.73. The van der Waals surface area contributed by atoms with E-state index in [0.717, 1.165) is 5.69 Å². The lowest BCUT2D eigenvalue weighted by molar-refractivity contribution is -0.742. The van der Waals surface area contributed by atoms with Crippen molar-refractivity contribution >= 4 is 11.6 Å². The van der Waals surface area contributed by atoms with E-state index in [9.17, 15) is 4.79 Å².